The predicted octanol–water partition coefficient (Wildman–Crippen LogP) is 3.09. The van der Waals surface area contributed by atoms with Gasteiger partial charge in [-0.1, -0.05) is 25.3 Å². The molecule has 3 rings (SSSR count). The maximum Gasteiger partial charge on any atom is 0.191 e. The Kier molecular flexibility index (Phi) is 9.28. The lowest BCUT2D eigenvalue weighted by Gasteiger charge is -2.40. The van der Waals surface area contributed by atoms with Crippen LogP contribution in [0.2, 0.25) is 0 Å². The average molecular weight is 433 g/mol. The Balaban J connectivity index is 1.59. The molecule has 7 heteroatoms. The molecule has 1 saturated carbocycles. The van der Waals surface area contributed by atoms with Crippen LogP contribution in [-0.2, 0) is 0 Å². The second-order valence-electron chi connectivity index (χ2n) is 8.62. The number of guanidine groups is 1. The molecule has 1 heterocycles. The van der Waals surface area contributed by atoms with Crippen molar-refractivity contribution in [3.63, 3.8) is 0 Å². The van der Waals surface area contributed by atoms with Crippen molar-refractivity contribution in [2.24, 2.45) is 4.99 Å². The molecule has 0 amide bonds. The van der Waals surface area contributed by atoms with E-state index in [2.05, 4.69) is 27.4 Å². The van der Waals surface area contributed by atoms with Crippen molar-refractivity contribution in [1.82, 2.24) is 15.5 Å². The highest BCUT2D eigenvalue weighted by atomic mass is 16.5. The first-order valence-corrected chi connectivity index (χ1v) is 11.8. The maximum atomic E-state index is 10.7. The minimum atomic E-state index is -0.708. The molecule has 2 aliphatic rings. The zero-order chi connectivity index (χ0) is 22.1. The molecule has 1 aromatic rings. The van der Waals surface area contributed by atoms with Crippen molar-refractivity contribution >= 4 is 5.96 Å². The standard InChI is InChI=1S/C24H40N4O3/c1-4-25-24(26-16-21(29)18-12-13-22(30-2)23(15-18)31-3)27-19-9-8-14-28(17-19)20-10-6-5-7-11-20/h12-13,15,19-21,29H,4-11,14,16-17H2,1-3H3,(H2,25,26,27). The summed E-state index contributed by atoms with van der Waals surface area (Å²) >= 11 is 0. The van der Waals surface area contributed by atoms with Gasteiger partial charge in [0, 0.05) is 25.2 Å². The number of hydrogen-bond donors (Lipinski definition) is 3. The van der Waals surface area contributed by atoms with Gasteiger partial charge in [0.2, 0.25) is 0 Å². The summed E-state index contributed by atoms with van der Waals surface area (Å²) in [6.07, 6.45) is 8.51. The highest BCUT2D eigenvalue weighted by Gasteiger charge is 2.27. The lowest BCUT2D eigenvalue weighted by atomic mass is 9.92. The van der Waals surface area contributed by atoms with E-state index in [0.717, 1.165) is 37.1 Å². The van der Waals surface area contributed by atoms with Gasteiger partial charge in [-0.2, -0.15) is 0 Å². The van der Waals surface area contributed by atoms with Crippen LogP contribution in [0.15, 0.2) is 23.2 Å². The van der Waals surface area contributed by atoms with Crippen LogP contribution in [0.3, 0.4) is 0 Å². The van der Waals surface area contributed by atoms with Gasteiger partial charge in [0.05, 0.1) is 26.9 Å². The van der Waals surface area contributed by atoms with Crippen LogP contribution in [0, 0.1) is 0 Å². The number of hydrogen-bond acceptors (Lipinski definition) is 5. The SMILES string of the molecule is CCNC(=NCC(O)c1ccc(OC)c(OC)c1)NC1CCCN(C2CCCCC2)C1. The number of aliphatic hydroxyl groups is 1. The van der Waals surface area contributed by atoms with Gasteiger partial charge in [-0.05, 0) is 56.8 Å². The number of benzene rings is 1. The summed E-state index contributed by atoms with van der Waals surface area (Å²) in [7, 11) is 3.20. The Morgan fingerprint density at radius 2 is 1.90 bits per heavy atom. The number of aliphatic imine (C=N–C) groups is 1. The van der Waals surface area contributed by atoms with Crippen molar-refractivity contribution in [1.29, 1.82) is 0 Å². The van der Waals surface area contributed by atoms with Crippen molar-refractivity contribution in [3.8, 4) is 11.5 Å². The van der Waals surface area contributed by atoms with Crippen LogP contribution in [0.4, 0.5) is 0 Å². The van der Waals surface area contributed by atoms with E-state index in [0.29, 0.717) is 17.5 Å². The summed E-state index contributed by atoms with van der Waals surface area (Å²) in [4.78, 5) is 7.36. The highest BCUT2D eigenvalue weighted by molar-refractivity contribution is 5.80. The van der Waals surface area contributed by atoms with Gasteiger partial charge in [-0.3, -0.25) is 9.89 Å². The quantitative estimate of drug-likeness (QED) is 0.433. The first-order valence-electron chi connectivity index (χ1n) is 11.8. The number of likely N-dealkylation sites (tertiary alicyclic amines) is 1. The summed E-state index contributed by atoms with van der Waals surface area (Å²) in [5, 5.41) is 17.6. The van der Waals surface area contributed by atoms with E-state index in [-0.39, 0.29) is 6.54 Å². The highest BCUT2D eigenvalue weighted by Crippen LogP contribution is 2.30. The molecule has 31 heavy (non-hydrogen) atoms. The van der Waals surface area contributed by atoms with Gasteiger partial charge in [0.25, 0.3) is 0 Å². The summed E-state index contributed by atoms with van der Waals surface area (Å²) < 4.78 is 10.6. The van der Waals surface area contributed by atoms with Crippen molar-refractivity contribution in [2.75, 3.05) is 40.4 Å². The third kappa shape index (κ3) is 6.74. The molecule has 7 nitrogen and oxygen atoms in total. The van der Waals surface area contributed by atoms with Gasteiger partial charge >= 0.3 is 0 Å². The smallest absolute Gasteiger partial charge is 0.191 e. The lowest BCUT2D eigenvalue weighted by molar-refractivity contribution is 0.115. The predicted molar refractivity (Wildman–Crippen MR) is 125 cm³/mol. The fraction of sp³-hybridized carbons (Fsp3) is 0.708. The van der Waals surface area contributed by atoms with Gasteiger partial charge in [-0.25, -0.2) is 0 Å². The fourth-order valence-electron chi connectivity index (χ4n) is 4.76. The van der Waals surface area contributed by atoms with E-state index in [1.165, 1.54) is 45.1 Å². The minimum absolute atomic E-state index is 0.282. The Labute approximate surface area is 187 Å². The van der Waals surface area contributed by atoms with Gasteiger partial charge in [0.1, 0.15) is 0 Å². The number of rotatable bonds is 8. The molecular formula is C24H40N4O3. The third-order valence-electron chi connectivity index (χ3n) is 6.44. The first kappa shape index (κ1) is 23.7. The third-order valence-corrected chi connectivity index (χ3v) is 6.44. The van der Waals surface area contributed by atoms with Gasteiger partial charge in [-0.15, -0.1) is 0 Å². The number of aliphatic hydroxyl groups excluding tert-OH is 1. The largest absolute Gasteiger partial charge is 0.493 e. The van der Waals surface area contributed by atoms with E-state index in [4.69, 9.17) is 9.47 Å². The Morgan fingerprint density at radius 1 is 1.13 bits per heavy atom. The number of nitrogens with zero attached hydrogens (tertiary/aromatic N) is 2. The van der Waals surface area contributed by atoms with Gasteiger partial charge < -0.3 is 25.2 Å². The summed E-state index contributed by atoms with van der Waals surface area (Å²) in [6, 6.07) is 6.62. The summed E-state index contributed by atoms with van der Waals surface area (Å²) in [5.74, 6) is 2.03. The van der Waals surface area contributed by atoms with E-state index < -0.39 is 6.10 Å². The normalized spacial score (nSPS) is 22.1. The number of nitrogens with one attached hydrogen (secondary N) is 2. The zero-order valence-electron chi connectivity index (χ0n) is 19.4. The number of ether oxygens (including phenoxy) is 2. The Bertz CT molecular complexity index is 706. The Morgan fingerprint density at radius 3 is 2.61 bits per heavy atom. The fourth-order valence-corrected chi connectivity index (χ4v) is 4.76. The van der Waals surface area contributed by atoms with Crippen LogP contribution in [0.5, 0.6) is 11.5 Å². The average Bonchev–Trinajstić information content (AvgIpc) is 2.82. The minimum Gasteiger partial charge on any atom is -0.493 e. The molecule has 2 unspecified atom stereocenters. The second-order valence-corrected chi connectivity index (χ2v) is 8.62. The topological polar surface area (TPSA) is 78.4 Å². The lowest BCUT2D eigenvalue weighted by Crippen LogP contribution is -2.53. The molecule has 1 aliphatic heterocycles. The number of methoxy groups -OCH3 is 2. The molecule has 3 N–H and O–H groups in total. The van der Waals surface area contributed by atoms with E-state index >= 15 is 0 Å². The molecular weight excluding hydrogens is 392 g/mol. The van der Waals surface area contributed by atoms with Crippen LogP contribution in [-0.4, -0.2) is 68.4 Å². The molecule has 0 bridgehead atoms. The van der Waals surface area contributed by atoms with Crippen LogP contribution in [0.25, 0.3) is 0 Å². The number of piperidine rings is 1. The molecule has 2 fully saturated rings. The van der Waals surface area contributed by atoms with Crippen LogP contribution >= 0.6 is 0 Å². The van der Waals surface area contributed by atoms with Crippen molar-refractivity contribution in [3.05, 3.63) is 23.8 Å². The Hall–Kier alpha value is -1.99. The first-order chi connectivity index (χ1) is 15.1. The van der Waals surface area contributed by atoms with Gasteiger partial charge in [0.15, 0.2) is 17.5 Å². The molecule has 1 aromatic carbocycles. The molecule has 2 atom stereocenters. The molecule has 1 saturated heterocycles. The van der Waals surface area contributed by atoms with Crippen LogP contribution < -0.4 is 20.1 Å². The van der Waals surface area contributed by atoms with Crippen molar-refractivity contribution in [2.45, 2.75) is 70.1 Å². The maximum absolute atomic E-state index is 10.7. The zero-order valence-corrected chi connectivity index (χ0v) is 19.4. The van der Waals surface area contributed by atoms with E-state index in [1.54, 1.807) is 14.2 Å². The molecule has 174 valence electrons. The van der Waals surface area contributed by atoms with Crippen molar-refractivity contribution < 1.29 is 14.6 Å². The van der Waals surface area contributed by atoms with E-state index in [1.807, 2.05) is 18.2 Å². The second kappa shape index (κ2) is 12.2. The molecule has 0 aromatic heterocycles. The molecule has 0 spiro atoms. The molecule has 0 radical (unpaired) electrons. The monoisotopic (exact) mass is 432 g/mol. The van der Waals surface area contributed by atoms with Crippen LogP contribution in [0.1, 0.15) is 63.5 Å². The summed E-state index contributed by atoms with van der Waals surface area (Å²) in [5.41, 5.74) is 0.762. The molecule has 1 aliphatic carbocycles. The summed E-state index contributed by atoms with van der Waals surface area (Å²) in [6.45, 7) is 5.43. The van der Waals surface area contributed by atoms with E-state index in [9.17, 15) is 5.11 Å².